The number of benzene rings is 5. The first kappa shape index (κ1) is 24.8. The summed E-state index contributed by atoms with van der Waals surface area (Å²) in [5.74, 6) is 0. The van der Waals surface area contributed by atoms with E-state index >= 15 is 0 Å². The Balaban J connectivity index is 1.41. The quantitative estimate of drug-likeness (QED) is 0.186. The zero-order chi connectivity index (χ0) is 30.6. The van der Waals surface area contributed by atoms with Crippen molar-refractivity contribution >= 4 is 82.1 Å². The number of pyridine rings is 3. The van der Waals surface area contributed by atoms with E-state index in [1.165, 1.54) is 32.6 Å². The third-order valence-electron chi connectivity index (χ3n) is 9.73. The molecule has 218 valence electrons. The average molecular weight is 601 g/mol. The molecule has 11 rings (SSSR count). The van der Waals surface area contributed by atoms with Gasteiger partial charge in [0.2, 0.25) is 0 Å². The highest BCUT2D eigenvalue weighted by molar-refractivity contribution is 6.29. The predicted octanol–water partition coefficient (Wildman–Crippen LogP) is 9.78. The van der Waals surface area contributed by atoms with Crippen molar-refractivity contribution in [2.45, 2.75) is 0 Å². The monoisotopic (exact) mass is 600 g/mol. The molecule has 47 heavy (non-hydrogen) atoms. The maximum atomic E-state index is 5.09. The Labute approximate surface area is 267 Å². The molecule has 11 aromatic rings. The van der Waals surface area contributed by atoms with Crippen LogP contribution in [-0.2, 0) is 0 Å². The van der Waals surface area contributed by atoms with E-state index in [9.17, 15) is 0 Å². The lowest BCUT2D eigenvalue weighted by atomic mass is 10.0. The minimum atomic E-state index is 0.734. The van der Waals surface area contributed by atoms with E-state index < -0.39 is 0 Å². The third kappa shape index (κ3) is 3.21. The molecule has 0 amide bonds. The number of imidazole rings is 1. The van der Waals surface area contributed by atoms with Gasteiger partial charge in [-0.3, -0.25) is 9.38 Å². The maximum absolute atomic E-state index is 5.09. The number of aromatic nitrogens is 6. The van der Waals surface area contributed by atoms with Crippen LogP contribution in [0.3, 0.4) is 0 Å². The van der Waals surface area contributed by atoms with Crippen LogP contribution in [0.5, 0.6) is 0 Å². The van der Waals surface area contributed by atoms with Gasteiger partial charge in [0.05, 0.1) is 33.1 Å². The van der Waals surface area contributed by atoms with Gasteiger partial charge in [0, 0.05) is 67.7 Å². The second-order valence-electron chi connectivity index (χ2n) is 12.1. The molecule has 0 spiro atoms. The molecule has 0 saturated heterocycles. The van der Waals surface area contributed by atoms with Crippen LogP contribution in [0.1, 0.15) is 0 Å². The maximum Gasteiger partial charge on any atom is 0.178 e. The molecule has 0 atom stereocenters. The number of hydrogen-bond acceptors (Lipinski definition) is 3. The van der Waals surface area contributed by atoms with Gasteiger partial charge < -0.3 is 9.13 Å². The zero-order valence-electron chi connectivity index (χ0n) is 25.0. The van der Waals surface area contributed by atoms with Crippen LogP contribution >= 0.6 is 0 Å². The average Bonchev–Trinajstić information content (AvgIpc) is 3.79. The Morgan fingerprint density at radius 3 is 2.00 bits per heavy atom. The van der Waals surface area contributed by atoms with Crippen LogP contribution in [0.15, 0.2) is 146 Å². The predicted molar refractivity (Wildman–Crippen MR) is 192 cm³/mol. The molecule has 6 nitrogen and oxygen atoms in total. The second kappa shape index (κ2) is 9.02. The summed E-state index contributed by atoms with van der Waals surface area (Å²) in [6.45, 7) is 0. The number of hydrogen-bond donors (Lipinski definition) is 0. The molecule has 0 aliphatic heterocycles. The fraction of sp³-hybridized carbons (Fsp3) is 0. The molecular weight excluding hydrogens is 576 g/mol. The van der Waals surface area contributed by atoms with Gasteiger partial charge in [-0.1, -0.05) is 60.7 Å². The molecule has 6 aromatic heterocycles. The van der Waals surface area contributed by atoms with Gasteiger partial charge in [-0.25, -0.2) is 9.97 Å². The molecule has 0 saturated carbocycles. The van der Waals surface area contributed by atoms with Gasteiger partial charge in [0.1, 0.15) is 5.65 Å². The van der Waals surface area contributed by atoms with Crippen molar-refractivity contribution in [3.63, 3.8) is 0 Å². The Morgan fingerprint density at radius 1 is 0.447 bits per heavy atom. The van der Waals surface area contributed by atoms with Crippen molar-refractivity contribution in [1.29, 1.82) is 0 Å². The Hall–Kier alpha value is -6.53. The molecule has 0 bridgehead atoms. The van der Waals surface area contributed by atoms with Gasteiger partial charge in [0.25, 0.3) is 0 Å². The first-order chi connectivity index (χ1) is 23.3. The third-order valence-corrected chi connectivity index (χ3v) is 9.73. The van der Waals surface area contributed by atoms with Crippen molar-refractivity contribution < 1.29 is 0 Å². The molecule has 0 aliphatic rings. The van der Waals surface area contributed by atoms with E-state index in [0.717, 1.165) is 60.9 Å². The summed E-state index contributed by atoms with van der Waals surface area (Å²) in [4.78, 5) is 14.4. The number of fused-ring (bicyclic) bond motifs is 15. The van der Waals surface area contributed by atoms with Gasteiger partial charge >= 0.3 is 0 Å². The molecule has 0 N–H and O–H groups in total. The van der Waals surface area contributed by atoms with Crippen LogP contribution in [-0.4, -0.2) is 28.5 Å². The second-order valence-corrected chi connectivity index (χ2v) is 12.1. The standard InChI is InChI=1S/C41H24N6/c1-3-10-25(11-4-1)45-33-15-8-7-14-27(33)30-22-31-28-17-18-29-38(39(28)46(37(31)23-36(30)45)26-12-5-2-6-13-26)32-24-42-21-19-34(32)47-35-16-9-20-43-40(35)44-41(29)47/h1-24H. The molecule has 0 aliphatic carbocycles. The van der Waals surface area contributed by atoms with E-state index in [0.29, 0.717) is 0 Å². The fourth-order valence-electron chi connectivity index (χ4n) is 7.84. The van der Waals surface area contributed by atoms with Gasteiger partial charge in [-0.05, 0) is 66.7 Å². The SMILES string of the molecule is c1ccc(-n2c3ccccc3c3cc4c5ccc6c(c7cnccc7n7c8cccnc8nc67)c5n(-c5ccccc5)c4cc32)cc1. The highest BCUT2D eigenvalue weighted by Crippen LogP contribution is 2.44. The molecule has 0 fully saturated rings. The fourth-order valence-corrected chi connectivity index (χ4v) is 7.84. The lowest BCUT2D eigenvalue weighted by Crippen LogP contribution is -1.97. The summed E-state index contributed by atoms with van der Waals surface area (Å²) in [5, 5.41) is 8.15. The lowest BCUT2D eigenvalue weighted by Gasteiger charge is -2.13. The van der Waals surface area contributed by atoms with Crippen molar-refractivity contribution in [2.75, 3.05) is 0 Å². The largest absolute Gasteiger partial charge is 0.309 e. The zero-order valence-corrected chi connectivity index (χ0v) is 25.0. The summed E-state index contributed by atoms with van der Waals surface area (Å²) in [7, 11) is 0. The van der Waals surface area contributed by atoms with Crippen molar-refractivity contribution in [3.8, 4) is 11.4 Å². The molecular formula is C41H24N6. The van der Waals surface area contributed by atoms with Crippen molar-refractivity contribution in [2.24, 2.45) is 0 Å². The number of nitrogens with zero attached hydrogens (tertiary/aromatic N) is 6. The molecule has 6 heterocycles. The molecule has 6 heteroatoms. The highest BCUT2D eigenvalue weighted by Gasteiger charge is 2.23. The van der Waals surface area contributed by atoms with Crippen LogP contribution in [0.2, 0.25) is 0 Å². The lowest BCUT2D eigenvalue weighted by molar-refractivity contribution is 1.17. The minimum Gasteiger partial charge on any atom is -0.309 e. The molecule has 0 radical (unpaired) electrons. The first-order valence-corrected chi connectivity index (χ1v) is 15.8. The Kier molecular flexibility index (Phi) is 4.75. The van der Waals surface area contributed by atoms with Crippen LogP contribution < -0.4 is 0 Å². The summed E-state index contributed by atoms with van der Waals surface area (Å²) in [6, 6.07) is 45.5. The van der Waals surface area contributed by atoms with Crippen molar-refractivity contribution in [1.82, 2.24) is 28.5 Å². The van der Waals surface area contributed by atoms with Crippen LogP contribution in [0.25, 0.3) is 93.5 Å². The van der Waals surface area contributed by atoms with Gasteiger partial charge in [-0.2, -0.15) is 0 Å². The molecule has 0 unspecified atom stereocenters. The van der Waals surface area contributed by atoms with E-state index in [1.54, 1.807) is 0 Å². The first-order valence-electron chi connectivity index (χ1n) is 15.8. The van der Waals surface area contributed by atoms with E-state index in [2.05, 4.69) is 145 Å². The topological polar surface area (TPSA) is 52.9 Å². The number of rotatable bonds is 2. The smallest absolute Gasteiger partial charge is 0.178 e. The normalized spacial score (nSPS) is 12.3. The summed E-state index contributed by atoms with van der Waals surface area (Å²) in [6.07, 6.45) is 5.67. The van der Waals surface area contributed by atoms with Crippen LogP contribution in [0.4, 0.5) is 0 Å². The Morgan fingerprint density at radius 2 is 1.15 bits per heavy atom. The van der Waals surface area contributed by atoms with E-state index in [1.807, 2.05) is 24.7 Å². The summed E-state index contributed by atoms with van der Waals surface area (Å²) in [5.41, 5.74) is 10.6. The highest BCUT2D eigenvalue weighted by atomic mass is 15.1. The van der Waals surface area contributed by atoms with Crippen LogP contribution in [0, 0.1) is 0 Å². The summed E-state index contributed by atoms with van der Waals surface area (Å²) >= 11 is 0. The van der Waals surface area contributed by atoms with Crippen molar-refractivity contribution in [3.05, 3.63) is 146 Å². The number of para-hydroxylation sites is 3. The van der Waals surface area contributed by atoms with Gasteiger partial charge in [-0.15, -0.1) is 0 Å². The van der Waals surface area contributed by atoms with Gasteiger partial charge in [0.15, 0.2) is 5.65 Å². The molecule has 5 aromatic carbocycles. The Bertz CT molecular complexity index is 3060. The van der Waals surface area contributed by atoms with E-state index in [-0.39, 0.29) is 0 Å². The minimum absolute atomic E-state index is 0.734. The summed E-state index contributed by atoms with van der Waals surface area (Å²) < 4.78 is 7.05. The van der Waals surface area contributed by atoms with E-state index in [4.69, 9.17) is 4.98 Å².